The number of methoxy groups -OCH3 is 3. The molecule has 1 atom stereocenters. The van der Waals surface area contributed by atoms with Gasteiger partial charge in [0, 0.05) is 11.6 Å². The summed E-state index contributed by atoms with van der Waals surface area (Å²) in [6.45, 7) is 1.88. The third-order valence-corrected chi connectivity index (χ3v) is 2.86. The average molecular weight is 255 g/mol. The molecule has 0 radical (unpaired) electrons. The molecule has 5 nitrogen and oxygen atoms in total. The Labute approximate surface area is 107 Å². The molecule has 0 bridgehead atoms. The molecule has 0 saturated carbocycles. The number of aliphatic hydroxyl groups excluding tert-OH is 1. The Balaban J connectivity index is 3.31. The molecular formula is C13H21NO4. The molecule has 0 spiro atoms. The topological polar surface area (TPSA) is 73.9 Å². The highest BCUT2D eigenvalue weighted by molar-refractivity contribution is 5.59. The Morgan fingerprint density at radius 2 is 1.78 bits per heavy atom. The fourth-order valence-electron chi connectivity index (χ4n) is 1.92. The summed E-state index contributed by atoms with van der Waals surface area (Å²) in [4.78, 5) is 0. The largest absolute Gasteiger partial charge is 0.493 e. The molecule has 0 aliphatic heterocycles. The van der Waals surface area contributed by atoms with Gasteiger partial charge in [0.05, 0.1) is 27.9 Å². The Morgan fingerprint density at radius 3 is 2.22 bits per heavy atom. The lowest BCUT2D eigenvalue weighted by Crippen LogP contribution is -2.27. The molecule has 102 valence electrons. The SMILES string of the molecule is COc1cc(C)c(CC(N)CO)c(OC)c1OC. The average Bonchev–Trinajstić information content (AvgIpc) is 2.39. The molecule has 0 saturated heterocycles. The maximum atomic E-state index is 9.06. The van der Waals surface area contributed by atoms with E-state index in [9.17, 15) is 0 Å². The van der Waals surface area contributed by atoms with Crippen LogP contribution < -0.4 is 19.9 Å². The summed E-state index contributed by atoms with van der Waals surface area (Å²) in [7, 11) is 4.71. The number of rotatable bonds is 6. The highest BCUT2D eigenvalue weighted by Crippen LogP contribution is 2.42. The van der Waals surface area contributed by atoms with Crippen LogP contribution in [-0.2, 0) is 6.42 Å². The Kier molecular flexibility index (Phi) is 5.25. The predicted octanol–water partition coefficient (Wildman–Crippen LogP) is 0.883. The van der Waals surface area contributed by atoms with Crippen molar-refractivity contribution in [3.8, 4) is 17.2 Å². The monoisotopic (exact) mass is 255 g/mol. The Morgan fingerprint density at radius 1 is 1.17 bits per heavy atom. The van der Waals surface area contributed by atoms with Crippen molar-refractivity contribution < 1.29 is 19.3 Å². The number of hydrogen-bond acceptors (Lipinski definition) is 5. The van der Waals surface area contributed by atoms with Crippen LogP contribution >= 0.6 is 0 Å². The smallest absolute Gasteiger partial charge is 0.203 e. The fraction of sp³-hybridized carbons (Fsp3) is 0.538. The van der Waals surface area contributed by atoms with Gasteiger partial charge in [-0.2, -0.15) is 0 Å². The minimum absolute atomic E-state index is 0.0725. The highest BCUT2D eigenvalue weighted by atomic mass is 16.5. The van der Waals surface area contributed by atoms with Gasteiger partial charge in [-0.1, -0.05) is 0 Å². The molecule has 3 N–H and O–H groups in total. The van der Waals surface area contributed by atoms with Gasteiger partial charge in [0.2, 0.25) is 5.75 Å². The zero-order chi connectivity index (χ0) is 13.7. The molecule has 0 aliphatic carbocycles. The van der Waals surface area contributed by atoms with Crippen LogP contribution in [0.15, 0.2) is 6.07 Å². The van der Waals surface area contributed by atoms with Gasteiger partial charge in [-0.05, 0) is 25.0 Å². The summed E-state index contributed by atoms with van der Waals surface area (Å²) < 4.78 is 16.0. The molecular weight excluding hydrogens is 234 g/mol. The molecule has 0 heterocycles. The number of hydrogen-bond donors (Lipinski definition) is 2. The van der Waals surface area contributed by atoms with Crippen molar-refractivity contribution in [2.24, 2.45) is 5.73 Å². The Bertz CT molecular complexity index is 406. The second kappa shape index (κ2) is 6.47. The van der Waals surface area contributed by atoms with Crippen LogP contribution in [-0.4, -0.2) is 39.1 Å². The van der Waals surface area contributed by atoms with Gasteiger partial charge in [-0.25, -0.2) is 0 Å². The van der Waals surface area contributed by atoms with Gasteiger partial charge in [0.1, 0.15) is 0 Å². The first-order chi connectivity index (χ1) is 8.58. The van der Waals surface area contributed by atoms with Crippen molar-refractivity contribution in [1.29, 1.82) is 0 Å². The van der Waals surface area contributed by atoms with Crippen molar-refractivity contribution in [3.63, 3.8) is 0 Å². The van der Waals surface area contributed by atoms with Gasteiger partial charge in [0.15, 0.2) is 11.5 Å². The molecule has 0 amide bonds. The first-order valence-electron chi connectivity index (χ1n) is 5.73. The predicted molar refractivity (Wildman–Crippen MR) is 69.6 cm³/mol. The van der Waals surface area contributed by atoms with E-state index in [0.29, 0.717) is 23.7 Å². The lowest BCUT2D eigenvalue weighted by atomic mass is 9.99. The van der Waals surface area contributed by atoms with Gasteiger partial charge in [-0.15, -0.1) is 0 Å². The summed E-state index contributed by atoms with van der Waals surface area (Å²) in [5.41, 5.74) is 7.70. The number of aliphatic hydroxyl groups is 1. The van der Waals surface area contributed by atoms with E-state index in [4.69, 9.17) is 25.1 Å². The van der Waals surface area contributed by atoms with Crippen LogP contribution in [0.25, 0.3) is 0 Å². The van der Waals surface area contributed by atoms with Crippen LogP contribution in [0.3, 0.4) is 0 Å². The van der Waals surface area contributed by atoms with Crippen LogP contribution in [0.2, 0.25) is 0 Å². The first-order valence-corrected chi connectivity index (χ1v) is 5.73. The standard InChI is InChI=1S/C13H21NO4/c1-8-5-11(16-2)13(18-4)12(17-3)10(8)6-9(14)7-15/h5,9,15H,6-7,14H2,1-4H3. The Hall–Kier alpha value is -1.46. The van der Waals surface area contributed by atoms with E-state index in [0.717, 1.165) is 11.1 Å². The van der Waals surface area contributed by atoms with Gasteiger partial charge in [0.25, 0.3) is 0 Å². The molecule has 18 heavy (non-hydrogen) atoms. The number of aryl methyl sites for hydroxylation is 1. The second-order valence-corrected chi connectivity index (χ2v) is 4.09. The molecule has 1 aromatic carbocycles. The van der Waals surface area contributed by atoms with Gasteiger partial charge >= 0.3 is 0 Å². The van der Waals surface area contributed by atoms with Crippen molar-refractivity contribution in [3.05, 3.63) is 17.2 Å². The zero-order valence-corrected chi connectivity index (χ0v) is 11.3. The number of benzene rings is 1. The summed E-state index contributed by atoms with van der Waals surface area (Å²) >= 11 is 0. The molecule has 5 heteroatoms. The van der Waals surface area contributed by atoms with Crippen LogP contribution in [0.1, 0.15) is 11.1 Å². The molecule has 0 fully saturated rings. The first kappa shape index (κ1) is 14.6. The lowest BCUT2D eigenvalue weighted by molar-refractivity contribution is 0.263. The van der Waals surface area contributed by atoms with E-state index in [1.807, 2.05) is 13.0 Å². The van der Waals surface area contributed by atoms with Crippen molar-refractivity contribution >= 4 is 0 Å². The third-order valence-electron chi connectivity index (χ3n) is 2.86. The van der Waals surface area contributed by atoms with Crippen LogP contribution in [0, 0.1) is 6.92 Å². The van der Waals surface area contributed by atoms with E-state index >= 15 is 0 Å². The van der Waals surface area contributed by atoms with E-state index in [-0.39, 0.29) is 12.6 Å². The highest BCUT2D eigenvalue weighted by Gasteiger charge is 2.20. The number of ether oxygens (including phenoxy) is 3. The van der Waals surface area contributed by atoms with Crippen molar-refractivity contribution in [2.75, 3.05) is 27.9 Å². The van der Waals surface area contributed by atoms with Crippen LogP contribution in [0.5, 0.6) is 17.2 Å². The molecule has 1 aromatic rings. The fourth-order valence-corrected chi connectivity index (χ4v) is 1.92. The zero-order valence-electron chi connectivity index (χ0n) is 11.3. The van der Waals surface area contributed by atoms with Crippen LogP contribution in [0.4, 0.5) is 0 Å². The van der Waals surface area contributed by atoms with Gasteiger partial charge in [-0.3, -0.25) is 0 Å². The minimum atomic E-state index is -0.323. The lowest BCUT2D eigenvalue weighted by Gasteiger charge is -2.19. The van der Waals surface area contributed by atoms with E-state index in [2.05, 4.69) is 0 Å². The molecule has 0 aromatic heterocycles. The van der Waals surface area contributed by atoms with E-state index in [1.54, 1.807) is 21.3 Å². The van der Waals surface area contributed by atoms with Crippen molar-refractivity contribution in [2.45, 2.75) is 19.4 Å². The summed E-state index contributed by atoms with van der Waals surface area (Å²) in [5.74, 6) is 1.78. The molecule has 0 aliphatic rings. The normalized spacial score (nSPS) is 12.1. The number of nitrogens with two attached hydrogens (primary N) is 1. The quantitative estimate of drug-likeness (QED) is 0.789. The minimum Gasteiger partial charge on any atom is -0.493 e. The summed E-state index contributed by atoms with van der Waals surface area (Å²) in [6, 6.07) is 1.55. The molecule has 1 rings (SSSR count). The van der Waals surface area contributed by atoms with Gasteiger partial charge < -0.3 is 25.1 Å². The summed E-state index contributed by atoms with van der Waals surface area (Å²) in [5, 5.41) is 9.06. The third kappa shape index (κ3) is 2.86. The second-order valence-electron chi connectivity index (χ2n) is 4.09. The van der Waals surface area contributed by atoms with E-state index in [1.165, 1.54) is 0 Å². The molecule has 1 unspecified atom stereocenters. The van der Waals surface area contributed by atoms with Crippen molar-refractivity contribution in [1.82, 2.24) is 0 Å². The van der Waals surface area contributed by atoms with E-state index < -0.39 is 0 Å². The maximum Gasteiger partial charge on any atom is 0.203 e. The maximum absolute atomic E-state index is 9.06. The summed E-state index contributed by atoms with van der Waals surface area (Å²) in [6.07, 6.45) is 0.520.